The number of hydrogen-bond acceptors (Lipinski definition) is 3. The van der Waals surface area contributed by atoms with Crippen molar-refractivity contribution in [1.82, 2.24) is 0 Å². The minimum absolute atomic E-state index is 0.0139. The smallest absolute Gasteiger partial charge is 0.0544 e. The molecule has 1 fully saturated rings. The summed E-state index contributed by atoms with van der Waals surface area (Å²) in [6.45, 7) is 1.83. The third-order valence-electron chi connectivity index (χ3n) is 3.38. The maximum absolute atomic E-state index is 9.55. The number of benzene rings is 1. The fourth-order valence-electron chi connectivity index (χ4n) is 2.21. The molecule has 0 saturated carbocycles. The molecule has 0 aliphatic carbocycles. The van der Waals surface area contributed by atoms with Crippen molar-refractivity contribution in [3.63, 3.8) is 0 Å². The fraction of sp³-hybridized carbons (Fsp3) is 0.571. The number of aliphatic hydroxyl groups is 1. The van der Waals surface area contributed by atoms with Crippen LogP contribution in [-0.2, 0) is 4.74 Å². The number of thioether (sulfide) groups is 1. The van der Waals surface area contributed by atoms with Gasteiger partial charge in [0.2, 0.25) is 0 Å². The highest BCUT2D eigenvalue weighted by molar-refractivity contribution is 7.99. The third-order valence-corrected chi connectivity index (χ3v) is 4.40. The van der Waals surface area contributed by atoms with Gasteiger partial charge in [0.15, 0.2) is 0 Å². The summed E-state index contributed by atoms with van der Waals surface area (Å²) < 4.78 is 5.51. The lowest BCUT2D eigenvalue weighted by Gasteiger charge is -2.35. The van der Waals surface area contributed by atoms with E-state index < -0.39 is 0 Å². The van der Waals surface area contributed by atoms with Gasteiger partial charge in [0, 0.05) is 16.9 Å². The van der Waals surface area contributed by atoms with Gasteiger partial charge in [-0.05, 0) is 37.1 Å². The topological polar surface area (TPSA) is 29.5 Å². The van der Waals surface area contributed by atoms with E-state index in [-0.39, 0.29) is 12.0 Å². The molecular weight excluding hydrogens is 232 g/mol. The lowest BCUT2D eigenvalue weighted by Crippen LogP contribution is -2.35. The van der Waals surface area contributed by atoms with E-state index in [4.69, 9.17) is 4.74 Å². The van der Waals surface area contributed by atoms with Crippen LogP contribution in [0.15, 0.2) is 35.2 Å². The molecule has 1 unspecified atom stereocenters. The number of ether oxygens (including phenoxy) is 1. The first-order valence-corrected chi connectivity index (χ1v) is 7.20. The van der Waals surface area contributed by atoms with Gasteiger partial charge in [-0.2, -0.15) is 0 Å². The summed E-state index contributed by atoms with van der Waals surface area (Å²) >= 11 is 1.86. The summed E-state index contributed by atoms with van der Waals surface area (Å²) in [6, 6.07) is 10.4. The molecule has 94 valence electrons. The van der Waals surface area contributed by atoms with Crippen molar-refractivity contribution in [2.75, 3.05) is 25.6 Å². The van der Waals surface area contributed by atoms with Crippen molar-refractivity contribution in [1.29, 1.82) is 0 Å². The van der Waals surface area contributed by atoms with Crippen LogP contribution in [0.3, 0.4) is 0 Å². The Morgan fingerprint density at radius 1 is 1.29 bits per heavy atom. The lowest BCUT2D eigenvalue weighted by atomic mass is 9.81. The van der Waals surface area contributed by atoms with Gasteiger partial charge in [0.25, 0.3) is 0 Å². The molecule has 1 aliphatic heterocycles. The summed E-state index contributed by atoms with van der Waals surface area (Å²) in [7, 11) is 0. The van der Waals surface area contributed by atoms with Gasteiger partial charge in [-0.15, -0.1) is 11.8 Å². The molecule has 1 saturated heterocycles. The lowest BCUT2D eigenvalue weighted by molar-refractivity contribution is -0.0394. The maximum atomic E-state index is 9.55. The quantitative estimate of drug-likeness (QED) is 0.817. The van der Waals surface area contributed by atoms with E-state index in [0.29, 0.717) is 0 Å². The van der Waals surface area contributed by atoms with Gasteiger partial charge in [0.1, 0.15) is 0 Å². The van der Waals surface area contributed by atoms with Crippen LogP contribution in [0.5, 0.6) is 0 Å². The van der Waals surface area contributed by atoms with Crippen molar-refractivity contribution in [2.45, 2.75) is 24.2 Å². The molecule has 1 aromatic carbocycles. The van der Waals surface area contributed by atoms with Gasteiger partial charge < -0.3 is 9.84 Å². The Labute approximate surface area is 107 Å². The van der Waals surface area contributed by atoms with Crippen molar-refractivity contribution >= 4 is 11.8 Å². The zero-order chi connectivity index (χ0) is 12.0. The highest BCUT2D eigenvalue weighted by Crippen LogP contribution is 2.34. The Bertz CT molecular complexity index is 320. The SMILES string of the molecule is OCC1(CCSc2ccccc2)CCCOC1. The van der Waals surface area contributed by atoms with Crippen molar-refractivity contribution in [2.24, 2.45) is 5.41 Å². The number of aliphatic hydroxyl groups excluding tert-OH is 1. The van der Waals surface area contributed by atoms with Crippen LogP contribution in [0.1, 0.15) is 19.3 Å². The molecular formula is C14H20O2S. The van der Waals surface area contributed by atoms with E-state index in [1.165, 1.54) is 4.90 Å². The molecule has 1 N–H and O–H groups in total. The van der Waals surface area contributed by atoms with Gasteiger partial charge in [0.05, 0.1) is 13.2 Å². The third kappa shape index (κ3) is 3.73. The Morgan fingerprint density at radius 3 is 2.76 bits per heavy atom. The average Bonchev–Trinajstić information content (AvgIpc) is 2.41. The molecule has 1 aliphatic rings. The zero-order valence-electron chi connectivity index (χ0n) is 10.1. The Hall–Kier alpha value is -0.510. The van der Waals surface area contributed by atoms with E-state index >= 15 is 0 Å². The minimum atomic E-state index is 0.0139. The van der Waals surface area contributed by atoms with E-state index in [9.17, 15) is 5.11 Å². The van der Waals surface area contributed by atoms with Crippen LogP contribution in [0, 0.1) is 5.41 Å². The second kappa shape index (κ2) is 6.43. The first kappa shape index (κ1) is 12.9. The second-order valence-electron chi connectivity index (χ2n) is 4.73. The normalized spacial score (nSPS) is 24.8. The predicted octanol–water partition coefficient (Wildman–Crippen LogP) is 2.96. The predicted molar refractivity (Wildman–Crippen MR) is 71.4 cm³/mol. The van der Waals surface area contributed by atoms with Crippen molar-refractivity contribution in [3.8, 4) is 0 Å². The highest BCUT2D eigenvalue weighted by atomic mass is 32.2. The minimum Gasteiger partial charge on any atom is -0.396 e. The van der Waals surface area contributed by atoms with Crippen LogP contribution in [0.25, 0.3) is 0 Å². The fourth-order valence-corrected chi connectivity index (χ4v) is 3.33. The van der Waals surface area contributed by atoms with Gasteiger partial charge in [-0.3, -0.25) is 0 Å². The largest absolute Gasteiger partial charge is 0.396 e. The standard InChI is InChI=1S/C14H20O2S/c15-11-14(7-4-9-16-12-14)8-10-17-13-5-2-1-3-6-13/h1-3,5-6,15H,4,7-12H2. The number of hydrogen-bond donors (Lipinski definition) is 1. The van der Waals surface area contributed by atoms with E-state index in [1.807, 2.05) is 17.8 Å². The summed E-state index contributed by atoms with van der Waals surface area (Å²) in [5.74, 6) is 1.05. The molecule has 0 aromatic heterocycles. The van der Waals surface area contributed by atoms with E-state index in [1.54, 1.807) is 0 Å². The zero-order valence-corrected chi connectivity index (χ0v) is 10.9. The van der Waals surface area contributed by atoms with Crippen LogP contribution in [0.2, 0.25) is 0 Å². The summed E-state index contributed by atoms with van der Waals surface area (Å²) in [5, 5.41) is 9.55. The molecule has 17 heavy (non-hydrogen) atoms. The van der Waals surface area contributed by atoms with E-state index in [2.05, 4.69) is 24.3 Å². The van der Waals surface area contributed by atoms with Crippen LogP contribution in [-0.4, -0.2) is 30.7 Å². The molecule has 0 bridgehead atoms. The molecule has 2 nitrogen and oxygen atoms in total. The molecule has 1 aromatic rings. The molecule has 1 atom stereocenters. The van der Waals surface area contributed by atoms with Crippen molar-refractivity contribution in [3.05, 3.63) is 30.3 Å². The first-order chi connectivity index (χ1) is 8.35. The van der Waals surface area contributed by atoms with Crippen molar-refractivity contribution < 1.29 is 9.84 Å². The molecule has 2 rings (SSSR count). The summed E-state index contributed by atoms with van der Waals surface area (Å²) in [6.07, 6.45) is 3.21. The number of rotatable bonds is 5. The second-order valence-corrected chi connectivity index (χ2v) is 5.89. The van der Waals surface area contributed by atoms with Crippen LogP contribution >= 0.6 is 11.8 Å². The summed E-state index contributed by atoms with van der Waals surface area (Å²) in [5.41, 5.74) is 0.0139. The van der Waals surface area contributed by atoms with E-state index in [0.717, 1.165) is 38.2 Å². The van der Waals surface area contributed by atoms with Gasteiger partial charge in [-0.1, -0.05) is 18.2 Å². The van der Waals surface area contributed by atoms with Gasteiger partial charge >= 0.3 is 0 Å². The first-order valence-electron chi connectivity index (χ1n) is 6.21. The molecule has 0 spiro atoms. The Morgan fingerprint density at radius 2 is 2.12 bits per heavy atom. The molecule has 0 radical (unpaired) electrons. The molecule has 1 heterocycles. The Kier molecular flexibility index (Phi) is 4.89. The highest BCUT2D eigenvalue weighted by Gasteiger charge is 2.31. The molecule has 0 amide bonds. The van der Waals surface area contributed by atoms with Gasteiger partial charge in [-0.25, -0.2) is 0 Å². The average molecular weight is 252 g/mol. The summed E-state index contributed by atoms with van der Waals surface area (Å²) in [4.78, 5) is 1.30. The maximum Gasteiger partial charge on any atom is 0.0544 e. The molecule has 3 heteroatoms. The Balaban J connectivity index is 1.80. The monoisotopic (exact) mass is 252 g/mol. The van der Waals surface area contributed by atoms with Crippen LogP contribution in [0.4, 0.5) is 0 Å². The van der Waals surface area contributed by atoms with Crippen LogP contribution < -0.4 is 0 Å².